The van der Waals surface area contributed by atoms with E-state index in [0.717, 1.165) is 37.2 Å². The number of nitrogens with zero attached hydrogens (tertiary/aromatic N) is 4. The fourth-order valence-electron chi connectivity index (χ4n) is 4.28. The second kappa shape index (κ2) is 10.2. The van der Waals surface area contributed by atoms with Gasteiger partial charge in [0, 0.05) is 0 Å². The van der Waals surface area contributed by atoms with Gasteiger partial charge in [-0.2, -0.15) is 0 Å². The van der Waals surface area contributed by atoms with E-state index in [1.165, 1.54) is 29.5 Å². The topological polar surface area (TPSA) is 34.0 Å². The van der Waals surface area contributed by atoms with E-state index in [0.29, 0.717) is 0 Å². The van der Waals surface area contributed by atoms with Crippen molar-refractivity contribution in [3.63, 3.8) is 0 Å². The SMILES string of the molecule is c1ccc(Cn2c(CN3CCCC3)nnc2SC(c2ccccc2)c2ccccc2)cc1. The Kier molecular flexibility index (Phi) is 6.66. The van der Waals surface area contributed by atoms with Gasteiger partial charge in [-0.1, -0.05) is 103 Å². The van der Waals surface area contributed by atoms with Gasteiger partial charge in [0.15, 0.2) is 5.16 Å². The molecule has 4 aromatic rings. The van der Waals surface area contributed by atoms with Crippen LogP contribution in [0.25, 0.3) is 0 Å². The minimum Gasteiger partial charge on any atom is -0.300 e. The van der Waals surface area contributed by atoms with Gasteiger partial charge in [-0.3, -0.25) is 4.90 Å². The summed E-state index contributed by atoms with van der Waals surface area (Å²) in [6.45, 7) is 3.95. The Morgan fingerprint density at radius 1 is 0.688 bits per heavy atom. The van der Waals surface area contributed by atoms with E-state index < -0.39 is 0 Å². The molecule has 0 amide bonds. The Balaban J connectivity index is 1.50. The highest BCUT2D eigenvalue weighted by atomic mass is 32.2. The van der Waals surface area contributed by atoms with E-state index in [4.69, 9.17) is 5.10 Å². The van der Waals surface area contributed by atoms with Crippen molar-refractivity contribution in [3.8, 4) is 0 Å². The Morgan fingerprint density at radius 2 is 1.25 bits per heavy atom. The van der Waals surface area contributed by atoms with E-state index in [2.05, 4.69) is 106 Å². The molecule has 0 bridgehead atoms. The second-order valence-corrected chi connectivity index (χ2v) is 9.35. The zero-order valence-electron chi connectivity index (χ0n) is 18.2. The molecule has 0 unspecified atom stereocenters. The molecule has 0 radical (unpaired) electrons. The van der Waals surface area contributed by atoms with Crippen molar-refractivity contribution < 1.29 is 0 Å². The first-order valence-electron chi connectivity index (χ1n) is 11.3. The Hall–Kier alpha value is -2.89. The first kappa shape index (κ1) is 21.0. The smallest absolute Gasteiger partial charge is 0.192 e. The van der Waals surface area contributed by atoms with Crippen LogP contribution in [0.5, 0.6) is 0 Å². The zero-order chi connectivity index (χ0) is 21.6. The third kappa shape index (κ3) is 4.95. The molecular weight excluding hydrogens is 412 g/mol. The summed E-state index contributed by atoms with van der Waals surface area (Å²) < 4.78 is 2.32. The van der Waals surface area contributed by atoms with Gasteiger partial charge in [0.1, 0.15) is 5.82 Å². The first-order valence-corrected chi connectivity index (χ1v) is 12.2. The van der Waals surface area contributed by atoms with Crippen molar-refractivity contribution >= 4 is 11.8 Å². The number of hydrogen-bond donors (Lipinski definition) is 0. The van der Waals surface area contributed by atoms with Gasteiger partial charge in [0.05, 0.1) is 18.3 Å². The lowest BCUT2D eigenvalue weighted by Gasteiger charge is -2.19. The molecule has 1 fully saturated rings. The van der Waals surface area contributed by atoms with E-state index in [1.807, 2.05) is 0 Å². The van der Waals surface area contributed by atoms with Crippen LogP contribution in [0.15, 0.2) is 96.2 Å². The standard InChI is InChI=1S/C27H28N4S/c1-4-12-22(13-5-1)20-31-25(21-30-18-10-11-19-30)28-29-27(31)32-26(23-14-6-2-7-15-23)24-16-8-3-9-17-24/h1-9,12-17,26H,10-11,18-21H2. The quantitative estimate of drug-likeness (QED) is 0.324. The summed E-state index contributed by atoms with van der Waals surface area (Å²) in [5.41, 5.74) is 3.82. The summed E-state index contributed by atoms with van der Waals surface area (Å²) in [5.74, 6) is 1.05. The fraction of sp³-hybridized carbons (Fsp3) is 0.259. The maximum absolute atomic E-state index is 4.69. The van der Waals surface area contributed by atoms with Crippen LogP contribution in [0.4, 0.5) is 0 Å². The molecule has 162 valence electrons. The summed E-state index contributed by atoms with van der Waals surface area (Å²) in [5, 5.41) is 10.5. The molecule has 4 nitrogen and oxygen atoms in total. The number of aromatic nitrogens is 3. The molecule has 1 aliphatic rings. The molecule has 1 aliphatic heterocycles. The molecular formula is C27H28N4S. The van der Waals surface area contributed by atoms with Crippen LogP contribution in [0.1, 0.15) is 40.6 Å². The van der Waals surface area contributed by atoms with Crippen molar-refractivity contribution in [2.75, 3.05) is 13.1 Å². The van der Waals surface area contributed by atoms with Gasteiger partial charge in [0.25, 0.3) is 0 Å². The van der Waals surface area contributed by atoms with Crippen molar-refractivity contribution in [3.05, 3.63) is 114 Å². The number of benzene rings is 3. The molecule has 0 N–H and O–H groups in total. The molecule has 5 rings (SSSR count). The van der Waals surface area contributed by atoms with Crippen LogP contribution in [-0.2, 0) is 13.1 Å². The van der Waals surface area contributed by atoms with Crippen molar-refractivity contribution in [1.82, 2.24) is 19.7 Å². The highest BCUT2D eigenvalue weighted by Gasteiger charge is 2.23. The van der Waals surface area contributed by atoms with Crippen LogP contribution in [-0.4, -0.2) is 32.8 Å². The number of thioether (sulfide) groups is 1. The van der Waals surface area contributed by atoms with Crippen LogP contribution in [0, 0.1) is 0 Å². The highest BCUT2D eigenvalue weighted by molar-refractivity contribution is 7.99. The van der Waals surface area contributed by atoms with Gasteiger partial charge < -0.3 is 4.57 Å². The third-order valence-corrected chi connectivity index (χ3v) is 7.26. The summed E-state index contributed by atoms with van der Waals surface area (Å²) >= 11 is 1.79. The Bertz CT molecular complexity index is 1070. The van der Waals surface area contributed by atoms with E-state index in [1.54, 1.807) is 11.8 Å². The largest absolute Gasteiger partial charge is 0.300 e. The zero-order valence-corrected chi connectivity index (χ0v) is 19.0. The molecule has 32 heavy (non-hydrogen) atoms. The minimum absolute atomic E-state index is 0.163. The maximum Gasteiger partial charge on any atom is 0.192 e. The number of rotatable bonds is 8. The molecule has 2 heterocycles. The lowest BCUT2D eigenvalue weighted by atomic mass is 10.0. The second-order valence-electron chi connectivity index (χ2n) is 8.27. The molecule has 5 heteroatoms. The van der Waals surface area contributed by atoms with Crippen molar-refractivity contribution in [2.45, 2.75) is 36.3 Å². The fourth-order valence-corrected chi connectivity index (χ4v) is 5.46. The molecule has 0 aliphatic carbocycles. The van der Waals surface area contributed by atoms with Crippen molar-refractivity contribution in [1.29, 1.82) is 0 Å². The molecule has 1 aromatic heterocycles. The number of likely N-dealkylation sites (tertiary alicyclic amines) is 1. The molecule has 0 atom stereocenters. The van der Waals surface area contributed by atoms with Gasteiger partial charge in [0.2, 0.25) is 0 Å². The lowest BCUT2D eigenvalue weighted by molar-refractivity contribution is 0.316. The van der Waals surface area contributed by atoms with Gasteiger partial charge in [-0.05, 0) is 42.6 Å². The van der Waals surface area contributed by atoms with Crippen LogP contribution in [0.3, 0.4) is 0 Å². The monoisotopic (exact) mass is 440 g/mol. The third-order valence-electron chi connectivity index (χ3n) is 5.97. The predicted molar refractivity (Wildman–Crippen MR) is 131 cm³/mol. The minimum atomic E-state index is 0.163. The van der Waals surface area contributed by atoms with Crippen LogP contribution >= 0.6 is 11.8 Å². The normalized spacial score (nSPS) is 14.3. The maximum atomic E-state index is 4.69. The van der Waals surface area contributed by atoms with Gasteiger partial charge >= 0.3 is 0 Å². The molecule has 3 aromatic carbocycles. The van der Waals surface area contributed by atoms with Gasteiger partial charge in [-0.15, -0.1) is 10.2 Å². The van der Waals surface area contributed by atoms with E-state index in [9.17, 15) is 0 Å². The Morgan fingerprint density at radius 3 is 1.84 bits per heavy atom. The van der Waals surface area contributed by atoms with E-state index in [-0.39, 0.29) is 5.25 Å². The molecule has 1 saturated heterocycles. The van der Waals surface area contributed by atoms with Crippen LogP contribution in [0.2, 0.25) is 0 Å². The summed E-state index contributed by atoms with van der Waals surface area (Å²) in [4.78, 5) is 2.49. The average Bonchev–Trinajstić information content (AvgIpc) is 3.50. The van der Waals surface area contributed by atoms with E-state index >= 15 is 0 Å². The summed E-state index contributed by atoms with van der Waals surface area (Å²) in [6, 6.07) is 32.0. The first-order chi connectivity index (χ1) is 15.9. The summed E-state index contributed by atoms with van der Waals surface area (Å²) in [6.07, 6.45) is 2.55. The van der Waals surface area contributed by atoms with Crippen molar-refractivity contribution in [2.24, 2.45) is 0 Å². The van der Waals surface area contributed by atoms with Crippen LogP contribution < -0.4 is 0 Å². The lowest BCUT2D eigenvalue weighted by Crippen LogP contribution is -2.21. The number of hydrogen-bond acceptors (Lipinski definition) is 4. The average molecular weight is 441 g/mol. The molecule has 0 spiro atoms. The highest BCUT2D eigenvalue weighted by Crippen LogP contribution is 2.40. The predicted octanol–water partition coefficient (Wildman–Crippen LogP) is 5.80. The Labute approximate surface area is 194 Å². The summed E-state index contributed by atoms with van der Waals surface area (Å²) in [7, 11) is 0. The molecule has 0 saturated carbocycles. The van der Waals surface area contributed by atoms with Gasteiger partial charge in [-0.25, -0.2) is 0 Å².